The molecular formula is C10H17NO2. The Labute approximate surface area is 79.5 Å². The van der Waals surface area contributed by atoms with Gasteiger partial charge in [0, 0.05) is 6.08 Å². The highest BCUT2D eigenvalue weighted by molar-refractivity contribution is 5.81. The molecule has 0 bridgehead atoms. The molecular weight excluding hydrogens is 166 g/mol. The number of ether oxygens (including phenoxy) is 1. The first-order valence-electron chi connectivity index (χ1n) is 4.62. The number of hydrogen-bond acceptors (Lipinski definition) is 3. The SMILES string of the molecule is CCCC=NCC=CC(=O)OCC. The maximum absolute atomic E-state index is 10.8. The zero-order valence-electron chi connectivity index (χ0n) is 8.32. The molecule has 0 aromatic rings. The molecule has 3 heteroatoms. The van der Waals surface area contributed by atoms with Crippen molar-refractivity contribution in [2.75, 3.05) is 13.2 Å². The van der Waals surface area contributed by atoms with Gasteiger partial charge in [-0.3, -0.25) is 4.99 Å². The van der Waals surface area contributed by atoms with E-state index in [2.05, 4.69) is 11.9 Å². The Bertz CT molecular complexity index is 185. The zero-order chi connectivity index (χ0) is 9.94. The molecule has 13 heavy (non-hydrogen) atoms. The first-order valence-corrected chi connectivity index (χ1v) is 4.62. The molecule has 0 fully saturated rings. The zero-order valence-corrected chi connectivity index (χ0v) is 8.32. The average molecular weight is 183 g/mol. The summed E-state index contributed by atoms with van der Waals surface area (Å²) < 4.78 is 4.69. The molecule has 0 atom stereocenters. The first kappa shape index (κ1) is 11.9. The van der Waals surface area contributed by atoms with E-state index in [1.54, 1.807) is 13.0 Å². The summed E-state index contributed by atoms with van der Waals surface area (Å²) in [5.74, 6) is -0.298. The van der Waals surface area contributed by atoms with Gasteiger partial charge in [0.15, 0.2) is 0 Å². The van der Waals surface area contributed by atoms with Gasteiger partial charge in [-0.25, -0.2) is 4.79 Å². The molecule has 0 radical (unpaired) electrons. The molecule has 0 aromatic heterocycles. The van der Waals surface area contributed by atoms with Gasteiger partial charge in [0.05, 0.1) is 13.2 Å². The third-order valence-corrected chi connectivity index (χ3v) is 1.30. The number of rotatable bonds is 6. The van der Waals surface area contributed by atoms with Gasteiger partial charge >= 0.3 is 5.97 Å². The molecule has 0 aromatic carbocycles. The van der Waals surface area contributed by atoms with E-state index in [1.807, 2.05) is 6.21 Å². The summed E-state index contributed by atoms with van der Waals surface area (Å²) in [4.78, 5) is 14.8. The minimum absolute atomic E-state index is 0.298. The quantitative estimate of drug-likeness (QED) is 0.359. The molecule has 0 aliphatic rings. The highest BCUT2D eigenvalue weighted by atomic mass is 16.5. The van der Waals surface area contributed by atoms with Gasteiger partial charge in [-0.1, -0.05) is 19.4 Å². The largest absolute Gasteiger partial charge is 0.463 e. The van der Waals surface area contributed by atoms with Crippen LogP contribution in [-0.4, -0.2) is 25.3 Å². The summed E-state index contributed by atoms with van der Waals surface area (Å²) >= 11 is 0. The highest BCUT2D eigenvalue weighted by Crippen LogP contribution is 1.84. The van der Waals surface area contributed by atoms with Gasteiger partial charge in [0.25, 0.3) is 0 Å². The van der Waals surface area contributed by atoms with Crippen molar-refractivity contribution in [2.45, 2.75) is 26.7 Å². The second-order valence-corrected chi connectivity index (χ2v) is 2.49. The Morgan fingerprint density at radius 1 is 1.46 bits per heavy atom. The second-order valence-electron chi connectivity index (χ2n) is 2.49. The lowest BCUT2D eigenvalue weighted by Gasteiger charge is -1.93. The predicted molar refractivity (Wildman–Crippen MR) is 54.0 cm³/mol. The number of esters is 1. The summed E-state index contributed by atoms with van der Waals surface area (Å²) in [7, 11) is 0. The lowest BCUT2D eigenvalue weighted by molar-refractivity contribution is -0.137. The van der Waals surface area contributed by atoms with Crippen LogP contribution in [0.3, 0.4) is 0 Å². The number of hydrogen-bond donors (Lipinski definition) is 0. The fraction of sp³-hybridized carbons (Fsp3) is 0.600. The third-order valence-electron chi connectivity index (χ3n) is 1.30. The number of carbonyl (C=O) groups is 1. The predicted octanol–water partition coefficient (Wildman–Crippen LogP) is 1.98. The van der Waals surface area contributed by atoms with E-state index < -0.39 is 0 Å². The lowest BCUT2D eigenvalue weighted by Crippen LogP contribution is -1.98. The summed E-state index contributed by atoms with van der Waals surface area (Å²) in [6.07, 6.45) is 7.07. The van der Waals surface area contributed by atoms with Gasteiger partial charge in [0.1, 0.15) is 0 Å². The van der Waals surface area contributed by atoms with Crippen LogP contribution in [0.1, 0.15) is 26.7 Å². The van der Waals surface area contributed by atoms with Crippen LogP contribution in [0, 0.1) is 0 Å². The van der Waals surface area contributed by atoms with Gasteiger partial charge in [-0.2, -0.15) is 0 Å². The van der Waals surface area contributed by atoms with E-state index in [0.29, 0.717) is 13.2 Å². The van der Waals surface area contributed by atoms with Crippen molar-refractivity contribution in [2.24, 2.45) is 4.99 Å². The van der Waals surface area contributed by atoms with Crippen molar-refractivity contribution < 1.29 is 9.53 Å². The second kappa shape index (κ2) is 8.97. The smallest absolute Gasteiger partial charge is 0.330 e. The summed E-state index contributed by atoms with van der Waals surface area (Å²) in [6, 6.07) is 0. The molecule has 0 unspecified atom stereocenters. The molecule has 0 rings (SSSR count). The molecule has 3 nitrogen and oxygen atoms in total. The molecule has 0 aliphatic heterocycles. The standard InChI is InChI=1S/C10H17NO2/c1-3-5-8-11-9-6-7-10(12)13-4-2/h6-8H,3-5,9H2,1-2H3. The maximum Gasteiger partial charge on any atom is 0.330 e. The molecule has 0 heterocycles. The van der Waals surface area contributed by atoms with E-state index in [9.17, 15) is 4.79 Å². The van der Waals surface area contributed by atoms with Gasteiger partial charge in [-0.15, -0.1) is 0 Å². The number of aliphatic imine (C=N–C) groups is 1. The Hall–Kier alpha value is -1.12. The van der Waals surface area contributed by atoms with Crippen LogP contribution in [0.15, 0.2) is 17.1 Å². The van der Waals surface area contributed by atoms with Crippen molar-refractivity contribution >= 4 is 12.2 Å². The van der Waals surface area contributed by atoms with Crippen LogP contribution in [0.2, 0.25) is 0 Å². The summed E-state index contributed by atoms with van der Waals surface area (Å²) in [5, 5.41) is 0. The average Bonchev–Trinajstić information content (AvgIpc) is 2.11. The molecule has 0 saturated heterocycles. The fourth-order valence-corrected chi connectivity index (χ4v) is 0.695. The molecule has 0 amide bonds. The van der Waals surface area contributed by atoms with Gasteiger partial charge in [0.2, 0.25) is 0 Å². The van der Waals surface area contributed by atoms with Crippen LogP contribution in [0.5, 0.6) is 0 Å². The van der Waals surface area contributed by atoms with Crippen molar-refractivity contribution in [1.29, 1.82) is 0 Å². The van der Waals surface area contributed by atoms with Crippen LogP contribution >= 0.6 is 0 Å². The van der Waals surface area contributed by atoms with E-state index >= 15 is 0 Å². The normalized spacial score (nSPS) is 11.2. The maximum atomic E-state index is 10.8. The number of carbonyl (C=O) groups excluding carboxylic acids is 1. The lowest BCUT2D eigenvalue weighted by atomic mass is 10.4. The van der Waals surface area contributed by atoms with E-state index in [-0.39, 0.29) is 5.97 Å². The number of unbranched alkanes of at least 4 members (excludes halogenated alkanes) is 1. The van der Waals surface area contributed by atoms with Crippen molar-refractivity contribution in [3.63, 3.8) is 0 Å². The van der Waals surface area contributed by atoms with Crippen LogP contribution < -0.4 is 0 Å². The van der Waals surface area contributed by atoms with Crippen LogP contribution in [-0.2, 0) is 9.53 Å². The highest BCUT2D eigenvalue weighted by Gasteiger charge is 1.90. The fourth-order valence-electron chi connectivity index (χ4n) is 0.695. The van der Waals surface area contributed by atoms with E-state index in [4.69, 9.17) is 4.74 Å². The third kappa shape index (κ3) is 8.79. The summed E-state index contributed by atoms with van der Waals surface area (Å²) in [6.45, 7) is 4.85. The van der Waals surface area contributed by atoms with Crippen molar-refractivity contribution in [1.82, 2.24) is 0 Å². The van der Waals surface area contributed by atoms with Crippen LogP contribution in [0.25, 0.3) is 0 Å². The Morgan fingerprint density at radius 3 is 2.85 bits per heavy atom. The molecule has 0 saturated carbocycles. The minimum atomic E-state index is -0.298. The van der Waals surface area contributed by atoms with Crippen LogP contribution in [0.4, 0.5) is 0 Å². The topological polar surface area (TPSA) is 38.7 Å². The molecule has 0 spiro atoms. The van der Waals surface area contributed by atoms with E-state index in [1.165, 1.54) is 6.08 Å². The molecule has 74 valence electrons. The van der Waals surface area contributed by atoms with Gasteiger partial charge < -0.3 is 4.74 Å². The Balaban J connectivity index is 3.45. The Morgan fingerprint density at radius 2 is 2.23 bits per heavy atom. The Kier molecular flexibility index (Phi) is 8.20. The minimum Gasteiger partial charge on any atom is -0.463 e. The molecule has 0 N–H and O–H groups in total. The van der Waals surface area contributed by atoms with Gasteiger partial charge in [-0.05, 0) is 19.6 Å². The first-order chi connectivity index (χ1) is 6.31. The molecule has 0 aliphatic carbocycles. The van der Waals surface area contributed by atoms with Crippen molar-refractivity contribution in [3.05, 3.63) is 12.2 Å². The van der Waals surface area contributed by atoms with E-state index in [0.717, 1.165) is 12.8 Å². The number of nitrogens with zero attached hydrogens (tertiary/aromatic N) is 1. The van der Waals surface area contributed by atoms with Crippen molar-refractivity contribution in [3.8, 4) is 0 Å². The monoisotopic (exact) mass is 183 g/mol. The summed E-state index contributed by atoms with van der Waals surface area (Å²) in [5.41, 5.74) is 0.